The Balaban J connectivity index is 2.02. The topological polar surface area (TPSA) is 49.5 Å². The van der Waals surface area contributed by atoms with Gasteiger partial charge in [-0.2, -0.15) is 0 Å². The Kier molecular flexibility index (Phi) is 4.69. The highest BCUT2D eigenvalue weighted by Gasteiger charge is 2.19. The van der Waals surface area contributed by atoms with Gasteiger partial charge in [-0.15, -0.1) is 0 Å². The lowest BCUT2D eigenvalue weighted by Gasteiger charge is -2.31. The van der Waals surface area contributed by atoms with Crippen molar-refractivity contribution < 1.29 is 9.50 Å². The van der Waals surface area contributed by atoms with Crippen molar-refractivity contribution in [2.75, 3.05) is 19.7 Å². The smallest absolute Gasteiger partial charge is 0.123 e. The molecule has 1 atom stereocenters. The van der Waals surface area contributed by atoms with Crippen LogP contribution < -0.4 is 5.73 Å². The monoisotopic (exact) mass is 252 g/mol. The fourth-order valence-corrected chi connectivity index (χ4v) is 2.63. The van der Waals surface area contributed by atoms with Gasteiger partial charge in [0.25, 0.3) is 0 Å². The fourth-order valence-electron chi connectivity index (χ4n) is 2.63. The summed E-state index contributed by atoms with van der Waals surface area (Å²) in [6, 6.07) is 5.02. The van der Waals surface area contributed by atoms with Crippen molar-refractivity contribution in [2.24, 2.45) is 11.7 Å². The Morgan fingerprint density at radius 1 is 1.33 bits per heavy atom. The van der Waals surface area contributed by atoms with E-state index < -0.39 is 0 Å². The van der Waals surface area contributed by atoms with Crippen molar-refractivity contribution in [3.63, 3.8) is 0 Å². The van der Waals surface area contributed by atoms with Crippen molar-refractivity contribution in [3.05, 3.63) is 35.1 Å². The maximum absolute atomic E-state index is 13.4. The van der Waals surface area contributed by atoms with Gasteiger partial charge >= 0.3 is 0 Å². The van der Waals surface area contributed by atoms with Gasteiger partial charge in [0.15, 0.2) is 0 Å². The normalized spacial score (nSPS) is 21.2. The van der Waals surface area contributed by atoms with Crippen molar-refractivity contribution >= 4 is 0 Å². The molecule has 1 heterocycles. The average Bonchev–Trinajstić information content (AvgIpc) is 2.38. The summed E-state index contributed by atoms with van der Waals surface area (Å²) in [4.78, 5) is 2.28. The number of rotatable bonds is 4. The molecule has 0 amide bonds. The molecule has 3 nitrogen and oxygen atoms in total. The highest BCUT2D eigenvalue weighted by molar-refractivity contribution is 5.24. The lowest BCUT2D eigenvalue weighted by Crippen LogP contribution is -2.36. The standard InChI is InChI=1S/C14H21FN2O/c15-14-5-12(7-16)4-13(6-14)9-17-3-1-2-11(8-17)10-18/h4-6,11,18H,1-3,7-10,16H2. The van der Waals surface area contributed by atoms with E-state index in [4.69, 9.17) is 5.73 Å². The van der Waals surface area contributed by atoms with Gasteiger partial charge in [0.1, 0.15) is 5.82 Å². The van der Waals surface area contributed by atoms with Gasteiger partial charge in [-0.25, -0.2) is 4.39 Å². The van der Waals surface area contributed by atoms with E-state index >= 15 is 0 Å². The molecular formula is C14H21FN2O. The molecule has 3 N–H and O–H groups in total. The largest absolute Gasteiger partial charge is 0.396 e. The van der Waals surface area contributed by atoms with Gasteiger partial charge in [0.2, 0.25) is 0 Å². The maximum Gasteiger partial charge on any atom is 0.123 e. The predicted molar refractivity (Wildman–Crippen MR) is 69.4 cm³/mol. The molecule has 1 aromatic carbocycles. The first-order valence-electron chi connectivity index (χ1n) is 6.53. The van der Waals surface area contributed by atoms with Crippen LogP contribution in [-0.4, -0.2) is 29.7 Å². The molecule has 0 bridgehead atoms. The quantitative estimate of drug-likeness (QED) is 0.853. The zero-order chi connectivity index (χ0) is 13.0. The van der Waals surface area contributed by atoms with Crippen molar-refractivity contribution in [1.82, 2.24) is 4.90 Å². The van der Waals surface area contributed by atoms with E-state index in [2.05, 4.69) is 4.90 Å². The van der Waals surface area contributed by atoms with Crippen LogP contribution in [0.4, 0.5) is 4.39 Å². The number of piperidine rings is 1. The Morgan fingerprint density at radius 2 is 2.11 bits per heavy atom. The van der Waals surface area contributed by atoms with Crippen LogP contribution in [0.5, 0.6) is 0 Å². The van der Waals surface area contributed by atoms with Gasteiger partial charge < -0.3 is 10.8 Å². The minimum Gasteiger partial charge on any atom is -0.396 e. The summed E-state index contributed by atoms with van der Waals surface area (Å²) in [5.41, 5.74) is 7.35. The van der Waals surface area contributed by atoms with Crippen molar-refractivity contribution in [2.45, 2.75) is 25.9 Å². The Morgan fingerprint density at radius 3 is 2.83 bits per heavy atom. The summed E-state index contributed by atoms with van der Waals surface area (Å²) in [5.74, 6) is 0.143. The second-order valence-corrected chi connectivity index (χ2v) is 5.10. The summed E-state index contributed by atoms with van der Waals surface area (Å²) in [6.45, 7) is 3.26. The Labute approximate surface area is 107 Å². The molecule has 0 aliphatic carbocycles. The summed E-state index contributed by atoms with van der Waals surface area (Å²) in [6.07, 6.45) is 2.19. The van der Waals surface area contributed by atoms with Crippen LogP contribution in [0.25, 0.3) is 0 Å². The molecule has 0 aromatic heterocycles. The van der Waals surface area contributed by atoms with Crippen LogP contribution in [0.2, 0.25) is 0 Å². The number of likely N-dealkylation sites (tertiary alicyclic amines) is 1. The van der Waals surface area contributed by atoms with E-state index in [9.17, 15) is 9.50 Å². The van der Waals surface area contributed by atoms with E-state index in [1.807, 2.05) is 6.07 Å². The third-order valence-corrected chi connectivity index (χ3v) is 3.52. The third-order valence-electron chi connectivity index (χ3n) is 3.52. The molecule has 2 rings (SSSR count). The highest BCUT2D eigenvalue weighted by atomic mass is 19.1. The van der Waals surface area contributed by atoms with E-state index in [0.717, 1.165) is 43.6 Å². The van der Waals surface area contributed by atoms with Gasteiger partial charge in [-0.05, 0) is 48.6 Å². The highest BCUT2D eigenvalue weighted by Crippen LogP contribution is 2.19. The first-order chi connectivity index (χ1) is 8.71. The number of hydrogen-bond acceptors (Lipinski definition) is 3. The SMILES string of the molecule is NCc1cc(F)cc(CN2CCCC(CO)C2)c1. The predicted octanol–water partition coefficient (Wildman–Crippen LogP) is 1.49. The van der Waals surface area contributed by atoms with Crippen molar-refractivity contribution in [1.29, 1.82) is 0 Å². The molecule has 0 spiro atoms. The summed E-state index contributed by atoms with van der Waals surface area (Å²) >= 11 is 0. The zero-order valence-corrected chi connectivity index (χ0v) is 10.6. The van der Waals surface area contributed by atoms with Crippen LogP contribution >= 0.6 is 0 Å². The van der Waals surface area contributed by atoms with E-state index in [0.29, 0.717) is 12.5 Å². The maximum atomic E-state index is 13.4. The number of benzene rings is 1. The minimum atomic E-state index is -0.219. The summed E-state index contributed by atoms with van der Waals surface area (Å²) < 4.78 is 13.4. The zero-order valence-electron chi connectivity index (χ0n) is 10.6. The fraction of sp³-hybridized carbons (Fsp3) is 0.571. The number of nitrogens with zero attached hydrogens (tertiary/aromatic N) is 1. The molecule has 1 aliphatic heterocycles. The van der Waals surface area contributed by atoms with Gasteiger partial charge in [-0.1, -0.05) is 6.07 Å². The Bertz CT molecular complexity index is 397. The minimum absolute atomic E-state index is 0.219. The van der Waals surface area contributed by atoms with E-state index in [1.54, 1.807) is 6.07 Å². The third kappa shape index (κ3) is 3.51. The van der Waals surface area contributed by atoms with Crippen LogP contribution in [-0.2, 0) is 13.1 Å². The van der Waals surface area contributed by atoms with Crippen LogP contribution in [0.1, 0.15) is 24.0 Å². The molecule has 1 saturated heterocycles. The molecule has 1 aromatic rings. The molecule has 4 heteroatoms. The number of halogens is 1. The molecule has 100 valence electrons. The van der Waals surface area contributed by atoms with Crippen molar-refractivity contribution in [3.8, 4) is 0 Å². The lowest BCUT2D eigenvalue weighted by atomic mass is 9.98. The summed E-state index contributed by atoms with van der Waals surface area (Å²) in [7, 11) is 0. The first kappa shape index (κ1) is 13.5. The first-order valence-corrected chi connectivity index (χ1v) is 6.53. The molecule has 18 heavy (non-hydrogen) atoms. The number of aliphatic hydroxyl groups excluding tert-OH is 1. The summed E-state index contributed by atoms with van der Waals surface area (Å²) in [5, 5.41) is 9.20. The lowest BCUT2D eigenvalue weighted by molar-refractivity contribution is 0.116. The number of nitrogens with two attached hydrogens (primary N) is 1. The van der Waals surface area contributed by atoms with Gasteiger partial charge in [0, 0.05) is 26.2 Å². The van der Waals surface area contributed by atoms with E-state index in [1.165, 1.54) is 6.07 Å². The van der Waals surface area contributed by atoms with Crippen LogP contribution in [0.15, 0.2) is 18.2 Å². The second-order valence-electron chi connectivity index (χ2n) is 5.10. The van der Waals surface area contributed by atoms with E-state index in [-0.39, 0.29) is 12.4 Å². The average molecular weight is 252 g/mol. The molecular weight excluding hydrogens is 231 g/mol. The van der Waals surface area contributed by atoms with Gasteiger partial charge in [-0.3, -0.25) is 4.90 Å². The molecule has 1 fully saturated rings. The molecule has 0 radical (unpaired) electrons. The molecule has 1 unspecified atom stereocenters. The Hall–Kier alpha value is -0.970. The van der Waals surface area contributed by atoms with Crippen LogP contribution in [0.3, 0.4) is 0 Å². The number of hydrogen-bond donors (Lipinski definition) is 2. The molecule has 1 aliphatic rings. The van der Waals surface area contributed by atoms with Crippen LogP contribution in [0, 0.1) is 11.7 Å². The second kappa shape index (κ2) is 6.27. The molecule has 0 saturated carbocycles. The number of aliphatic hydroxyl groups is 1. The van der Waals surface area contributed by atoms with Gasteiger partial charge in [0.05, 0.1) is 0 Å².